The Kier molecular flexibility index (Phi) is 23.5. The van der Waals surface area contributed by atoms with Crippen LogP contribution in [0.15, 0.2) is 90.7 Å². The Hall–Kier alpha value is -7.35. The molecular formula is C53H73N7O13. The predicted molar refractivity (Wildman–Crippen MR) is 271 cm³/mol. The number of aryl methyl sites for hydroxylation is 1. The number of carbonyl (C=O) groups is 9. The van der Waals surface area contributed by atoms with Crippen LogP contribution in [-0.2, 0) is 60.7 Å². The summed E-state index contributed by atoms with van der Waals surface area (Å²) in [6.07, 6.45) is 4.73. The summed E-state index contributed by atoms with van der Waals surface area (Å²) >= 11 is 0. The summed E-state index contributed by atoms with van der Waals surface area (Å²) in [6, 6.07) is 7.12. The molecule has 398 valence electrons. The van der Waals surface area contributed by atoms with Crippen LogP contribution in [0.5, 0.6) is 5.75 Å². The fourth-order valence-electron chi connectivity index (χ4n) is 7.93. The molecule has 9 N–H and O–H groups in total. The zero-order valence-corrected chi connectivity index (χ0v) is 43.1. The molecule has 7 amide bonds. The maximum atomic E-state index is 14.6. The summed E-state index contributed by atoms with van der Waals surface area (Å²) < 4.78 is 5.83. The number of ether oxygens (including phenoxy) is 1. The molecule has 1 fully saturated rings. The normalized spacial score (nSPS) is 25.0. The number of methoxy groups -OCH3 is 1. The first-order valence-electron chi connectivity index (χ1n) is 24.3. The molecule has 0 unspecified atom stereocenters. The summed E-state index contributed by atoms with van der Waals surface area (Å²) in [6.45, 7) is 14.9. The van der Waals surface area contributed by atoms with E-state index in [4.69, 9.17) is 4.74 Å². The molecule has 0 aliphatic carbocycles. The minimum atomic E-state index is -1.88. The largest absolute Gasteiger partial charge is 0.508 e. The third-order valence-corrected chi connectivity index (χ3v) is 12.7. The Morgan fingerprint density at radius 3 is 1.96 bits per heavy atom. The summed E-state index contributed by atoms with van der Waals surface area (Å²) in [5.41, 5.74) is 2.03. The number of phenols is 1. The molecule has 10 atom stereocenters. The van der Waals surface area contributed by atoms with Crippen LogP contribution in [0.3, 0.4) is 0 Å². The van der Waals surface area contributed by atoms with E-state index in [1.807, 2.05) is 50.3 Å². The van der Waals surface area contributed by atoms with Crippen molar-refractivity contribution in [3.8, 4) is 5.75 Å². The molecule has 0 bridgehead atoms. The highest BCUT2D eigenvalue weighted by Crippen LogP contribution is 2.20. The van der Waals surface area contributed by atoms with Gasteiger partial charge in [-0.15, -0.1) is 0 Å². The van der Waals surface area contributed by atoms with Gasteiger partial charge in [0.1, 0.15) is 41.7 Å². The third-order valence-electron chi connectivity index (χ3n) is 12.7. The molecule has 2 aromatic carbocycles. The van der Waals surface area contributed by atoms with E-state index in [1.165, 1.54) is 40.0 Å². The molecule has 0 aromatic heterocycles. The lowest BCUT2D eigenvalue weighted by atomic mass is 9.94. The highest BCUT2D eigenvalue weighted by atomic mass is 16.5. The summed E-state index contributed by atoms with van der Waals surface area (Å²) in [5, 5.41) is 45.7. The SMILES string of the molecule is C=C1C(=O)N[C@H](C)C(=O)N[C@@H](CC(C)C)C(=O)N[C@@H](C(=O)O)[C@H](C)C(=O)N[C@@H](CCc2ccc(O)cc2)C(=O)N[C@@H](/C=C/C(C)=C/[C@H](C)[C@H](Cc2ccccc2)OC)[C@H](C)C(=O)N[C@@H](C(=O)O)CCC(=O)N1C. The van der Waals surface area contributed by atoms with Gasteiger partial charge < -0.3 is 56.9 Å². The van der Waals surface area contributed by atoms with Crippen molar-refractivity contribution in [3.63, 3.8) is 0 Å². The van der Waals surface area contributed by atoms with Crippen LogP contribution in [0.2, 0.25) is 0 Å². The fourth-order valence-corrected chi connectivity index (χ4v) is 7.93. The van der Waals surface area contributed by atoms with Crippen molar-refractivity contribution >= 4 is 53.3 Å². The van der Waals surface area contributed by atoms with Gasteiger partial charge in [-0.1, -0.05) is 107 Å². The average Bonchev–Trinajstić information content (AvgIpc) is 3.34. The number of likely N-dealkylation sites (N-methyl/N-ethyl adjacent to an activating group) is 1. The summed E-state index contributed by atoms with van der Waals surface area (Å²) in [5.74, 6) is -12.3. The van der Waals surface area contributed by atoms with Crippen molar-refractivity contribution in [1.82, 2.24) is 36.8 Å². The number of aromatic hydroxyl groups is 1. The van der Waals surface area contributed by atoms with Crippen molar-refractivity contribution in [2.75, 3.05) is 14.2 Å². The smallest absolute Gasteiger partial charge is 0.327 e. The molecule has 1 aliphatic heterocycles. The lowest BCUT2D eigenvalue weighted by molar-refractivity contribution is -0.146. The van der Waals surface area contributed by atoms with Gasteiger partial charge in [0.05, 0.1) is 24.0 Å². The first-order valence-corrected chi connectivity index (χ1v) is 24.3. The number of aliphatic carboxylic acids is 2. The zero-order chi connectivity index (χ0) is 54.7. The number of hydrogen-bond donors (Lipinski definition) is 9. The summed E-state index contributed by atoms with van der Waals surface area (Å²) in [7, 11) is 2.83. The molecule has 3 rings (SSSR count). The number of rotatable bonds is 14. The lowest BCUT2D eigenvalue weighted by Crippen LogP contribution is -2.59. The van der Waals surface area contributed by atoms with E-state index in [2.05, 4.69) is 38.5 Å². The van der Waals surface area contributed by atoms with Crippen LogP contribution >= 0.6 is 0 Å². The number of phenolic OH excluding ortho intramolecular Hbond substituents is 1. The molecule has 0 saturated carbocycles. The molecule has 20 heteroatoms. The number of carboxylic acid groups (broad SMARTS) is 2. The van der Waals surface area contributed by atoms with Gasteiger partial charge in [-0.05, 0) is 75.1 Å². The molecule has 0 spiro atoms. The van der Waals surface area contributed by atoms with Gasteiger partial charge in [0.15, 0.2) is 0 Å². The van der Waals surface area contributed by atoms with Crippen LogP contribution in [0.4, 0.5) is 0 Å². The molecule has 2 aromatic rings. The maximum absolute atomic E-state index is 14.6. The zero-order valence-electron chi connectivity index (χ0n) is 43.1. The number of amides is 7. The second-order valence-electron chi connectivity index (χ2n) is 19.0. The van der Waals surface area contributed by atoms with Crippen LogP contribution in [0, 0.1) is 23.7 Å². The first-order chi connectivity index (χ1) is 34.3. The van der Waals surface area contributed by atoms with E-state index in [1.54, 1.807) is 45.2 Å². The quantitative estimate of drug-likeness (QED) is 0.0973. The number of carbonyl (C=O) groups excluding carboxylic acids is 7. The van der Waals surface area contributed by atoms with E-state index < -0.39 is 120 Å². The second kappa shape index (κ2) is 28.6. The Morgan fingerprint density at radius 2 is 1.37 bits per heavy atom. The van der Waals surface area contributed by atoms with Crippen molar-refractivity contribution in [1.29, 1.82) is 0 Å². The monoisotopic (exact) mass is 1020 g/mol. The van der Waals surface area contributed by atoms with Gasteiger partial charge in [0.2, 0.25) is 35.4 Å². The molecule has 0 radical (unpaired) electrons. The highest BCUT2D eigenvalue weighted by Gasteiger charge is 2.37. The van der Waals surface area contributed by atoms with E-state index in [9.17, 15) is 58.5 Å². The Morgan fingerprint density at radius 1 is 0.767 bits per heavy atom. The second-order valence-corrected chi connectivity index (χ2v) is 19.0. The van der Waals surface area contributed by atoms with Crippen LogP contribution < -0.4 is 31.9 Å². The van der Waals surface area contributed by atoms with E-state index in [0.717, 1.165) is 10.5 Å². The van der Waals surface area contributed by atoms with Crippen LogP contribution in [0.1, 0.15) is 85.3 Å². The van der Waals surface area contributed by atoms with Gasteiger partial charge in [-0.25, -0.2) is 9.59 Å². The lowest BCUT2D eigenvalue weighted by Gasteiger charge is -2.28. The highest BCUT2D eigenvalue weighted by molar-refractivity contribution is 6.00. The minimum Gasteiger partial charge on any atom is -0.508 e. The van der Waals surface area contributed by atoms with E-state index in [0.29, 0.717) is 17.6 Å². The summed E-state index contributed by atoms with van der Waals surface area (Å²) in [4.78, 5) is 123. The molecule has 1 aliphatic rings. The van der Waals surface area contributed by atoms with Crippen LogP contribution in [-0.4, -0.2) is 130 Å². The van der Waals surface area contributed by atoms with Gasteiger partial charge in [-0.2, -0.15) is 0 Å². The van der Waals surface area contributed by atoms with Crippen molar-refractivity contribution in [2.45, 2.75) is 129 Å². The third kappa shape index (κ3) is 19.0. The average molecular weight is 1020 g/mol. The Bertz CT molecular complexity index is 2350. The molecule has 1 heterocycles. The van der Waals surface area contributed by atoms with Crippen molar-refractivity contribution in [3.05, 3.63) is 102 Å². The molecule has 20 nitrogen and oxygen atoms in total. The maximum Gasteiger partial charge on any atom is 0.327 e. The molecule has 73 heavy (non-hydrogen) atoms. The Balaban J connectivity index is 2.15. The van der Waals surface area contributed by atoms with E-state index >= 15 is 0 Å². The van der Waals surface area contributed by atoms with Gasteiger partial charge in [-0.3, -0.25) is 33.6 Å². The fraction of sp³-hybridized carbons (Fsp3) is 0.491. The topological polar surface area (TPSA) is 299 Å². The van der Waals surface area contributed by atoms with Gasteiger partial charge in [0.25, 0.3) is 5.91 Å². The first kappa shape index (κ1) is 60.0. The van der Waals surface area contributed by atoms with E-state index in [-0.39, 0.29) is 43.0 Å². The molecule has 1 saturated heterocycles. The number of allylic oxidation sites excluding steroid dienone is 2. The standard InChI is InChI=1S/C53H73N7O13/c1-29(2)26-42-51(68)59-45(53(71)72)33(6)47(64)56-40(23-19-36-17-20-38(61)21-18-36)50(67)55-39(22-16-30(3)27-31(4)43(73-10)28-37-14-12-11-13-15-37)32(5)46(63)57-41(52(69)70)24-25-44(62)60(9)35(8)49(66)54-34(7)48(65)58-42/h11-18,20-22,27,29,31-34,39-43,45,61H,8,19,23-26,28H2,1-7,9-10H3,(H,54,66)(H,55,67)(H,56,64)(H,57,63)(H,58,65)(H,59,68)(H,69,70)(H,71,72)/b22-16+,30-27+/t31-,32-,33-,34+,39-,40-,41+,42-,43-,45+/m0/s1. The molecular weight excluding hydrogens is 943 g/mol. The van der Waals surface area contributed by atoms with Crippen molar-refractivity contribution in [2.24, 2.45) is 23.7 Å². The number of benzene rings is 2. The minimum absolute atomic E-state index is 0.00756. The van der Waals surface area contributed by atoms with Crippen molar-refractivity contribution < 1.29 is 63.2 Å². The van der Waals surface area contributed by atoms with Crippen LogP contribution in [0.25, 0.3) is 0 Å². The number of nitrogens with one attached hydrogen (secondary N) is 6. The predicted octanol–water partition coefficient (Wildman–Crippen LogP) is 2.90. The van der Waals surface area contributed by atoms with Gasteiger partial charge >= 0.3 is 11.9 Å². The number of carboxylic acids is 2. The van der Waals surface area contributed by atoms with Gasteiger partial charge in [0, 0.05) is 26.5 Å². The number of hydrogen-bond acceptors (Lipinski definition) is 11. The number of nitrogens with zero attached hydrogens (tertiary/aromatic N) is 1. The Labute approximate surface area is 426 Å².